The Morgan fingerprint density at radius 2 is 2.26 bits per heavy atom. The third kappa shape index (κ3) is 1.78. The molecule has 0 amide bonds. The van der Waals surface area contributed by atoms with Gasteiger partial charge in [-0.05, 0) is 32.2 Å². The van der Waals surface area contributed by atoms with Crippen molar-refractivity contribution < 1.29 is 0 Å². The number of hydrogen-bond acceptors (Lipinski definition) is 5. The molecule has 0 aliphatic carbocycles. The molecule has 2 atom stereocenters. The standard InChI is InChI=1S/C13H18N6/c1-3-10(14-5-1)11-4-2-7-19(11)12-13-17-16-9-18(13)8-6-15-12/h6,8-11,14H,1-5,7H2. The van der Waals surface area contributed by atoms with Gasteiger partial charge in [-0.1, -0.05) is 0 Å². The Balaban J connectivity index is 1.72. The second-order valence-corrected chi connectivity index (χ2v) is 5.42. The molecule has 6 nitrogen and oxygen atoms in total. The van der Waals surface area contributed by atoms with E-state index in [2.05, 4.69) is 25.4 Å². The number of anilines is 1. The summed E-state index contributed by atoms with van der Waals surface area (Å²) in [6.07, 6.45) is 10.5. The fourth-order valence-corrected chi connectivity index (χ4v) is 3.46. The molecule has 2 unspecified atom stereocenters. The monoisotopic (exact) mass is 258 g/mol. The van der Waals surface area contributed by atoms with Crippen molar-refractivity contribution in [3.8, 4) is 0 Å². The van der Waals surface area contributed by atoms with Crippen LogP contribution >= 0.6 is 0 Å². The first-order valence-corrected chi connectivity index (χ1v) is 7.08. The number of nitrogens with zero attached hydrogens (tertiary/aromatic N) is 5. The fourth-order valence-electron chi connectivity index (χ4n) is 3.46. The highest BCUT2D eigenvalue weighted by Gasteiger charge is 2.34. The molecule has 4 heterocycles. The molecule has 2 fully saturated rings. The summed E-state index contributed by atoms with van der Waals surface area (Å²) < 4.78 is 1.94. The summed E-state index contributed by atoms with van der Waals surface area (Å²) in [7, 11) is 0. The maximum atomic E-state index is 4.56. The Bertz CT molecular complexity index is 573. The van der Waals surface area contributed by atoms with Crippen LogP contribution in [0, 0.1) is 0 Å². The van der Waals surface area contributed by atoms with Gasteiger partial charge in [-0.3, -0.25) is 4.40 Å². The van der Waals surface area contributed by atoms with Crippen LogP contribution in [-0.2, 0) is 0 Å². The number of rotatable bonds is 2. The lowest BCUT2D eigenvalue weighted by molar-refractivity contribution is 0.481. The second kappa shape index (κ2) is 4.45. The van der Waals surface area contributed by atoms with Crippen molar-refractivity contribution in [1.29, 1.82) is 0 Å². The van der Waals surface area contributed by atoms with E-state index in [0.717, 1.165) is 24.6 Å². The molecule has 0 radical (unpaired) electrons. The van der Waals surface area contributed by atoms with Crippen LogP contribution < -0.4 is 10.2 Å². The maximum absolute atomic E-state index is 4.56. The van der Waals surface area contributed by atoms with E-state index in [1.165, 1.54) is 25.7 Å². The molecular weight excluding hydrogens is 240 g/mol. The molecule has 2 aliphatic heterocycles. The van der Waals surface area contributed by atoms with Crippen LogP contribution in [0.3, 0.4) is 0 Å². The van der Waals surface area contributed by atoms with Gasteiger partial charge in [0.15, 0.2) is 5.82 Å². The zero-order valence-corrected chi connectivity index (χ0v) is 10.9. The third-order valence-electron chi connectivity index (χ3n) is 4.33. The minimum absolute atomic E-state index is 0.554. The van der Waals surface area contributed by atoms with Gasteiger partial charge in [0.25, 0.3) is 0 Å². The lowest BCUT2D eigenvalue weighted by Gasteiger charge is -2.30. The quantitative estimate of drug-likeness (QED) is 0.865. The van der Waals surface area contributed by atoms with Crippen molar-refractivity contribution in [3.63, 3.8) is 0 Å². The Morgan fingerprint density at radius 1 is 1.26 bits per heavy atom. The largest absolute Gasteiger partial charge is 0.349 e. The number of hydrogen-bond donors (Lipinski definition) is 1. The Kier molecular flexibility index (Phi) is 2.61. The van der Waals surface area contributed by atoms with Crippen LogP contribution in [0.25, 0.3) is 5.65 Å². The van der Waals surface area contributed by atoms with Crippen molar-refractivity contribution in [1.82, 2.24) is 24.9 Å². The van der Waals surface area contributed by atoms with Crippen LogP contribution in [0.1, 0.15) is 25.7 Å². The smallest absolute Gasteiger partial charge is 0.203 e. The Morgan fingerprint density at radius 3 is 3.16 bits per heavy atom. The van der Waals surface area contributed by atoms with Gasteiger partial charge in [-0.25, -0.2) is 4.98 Å². The predicted octanol–water partition coefficient (Wildman–Crippen LogP) is 0.845. The third-order valence-corrected chi connectivity index (χ3v) is 4.33. The summed E-state index contributed by atoms with van der Waals surface area (Å²) in [6.45, 7) is 2.22. The second-order valence-electron chi connectivity index (χ2n) is 5.42. The van der Waals surface area contributed by atoms with E-state index in [4.69, 9.17) is 0 Å². The van der Waals surface area contributed by atoms with Gasteiger partial charge in [0.1, 0.15) is 6.33 Å². The van der Waals surface area contributed by atoms with Gasteiger partial charge >= 0.3 is 0 Å². The van der Waals surface area contributed by atoms with Gasteiger partial charge in [0.05, 0.1) is 0 Å². The summed E-state index contributed by atoms with van der Waals surface area (Å²) in [5.41, 5.74) is 0.868. The van der Waals surface area contributed by atoms with Gasteiger partial charge < -0.3 is 10.2 Å². The van der Waals surface area contributed by atoms with E-state index in [9.17, 15) is 0 Å². The van der Waals surface area contributed by atoms with Crippen LogP contribution in [-0.4, -0.2) is 44.8 Å². The van der Waals surface area contributed by atoms with E-state index < -0.39 is 0 Å². The molecule has 19 heavy (non-hydrogen) atoms. The van der Waals surface area contributed by atoms with E-state index in [1.54, 1.807) is 6.33 Å². The Hall–Kier alpha value is -1.69. The lowest BCUT2D eigenvalue weighted by Crippen LogP contribution is -2.44. The minimum atomic E-state index is 0.554. The van der Waals surface area contributed by atoms with Crippen LogP contribution in [0.5, 0.6) is 0 Å². The topological polar surface area (TPSA) is 58.4 Å². The molecule has 0 saturated carbocycles. The molecule has 0 spiro atoms. The molecule has 2 saturated heterocycles. The zero-order chi connectivity index (χ0) is 12.7. The summed E-state index contributed by atoms with van der Waals surface area (Å²) >= 11 is 0. The first kappa shape index (κ1) is 11.2. The molecule has 100 valence electrons. The van der Waals surface area contributed by atoms with Crippen LogP contribution in [0.15, 0.2) is 18.7 Å². The molecule has 4 rings (SSSR count). The molecule has 1 N–H and O–H groups in total. The molecular formula is C13H18N6. The van der Waals surface area contributed by atoms with Gasteiger partial charge in [0, 0.05) is 31.0 Å². The predicted molar refractivity (Wildman–Crippen MR) is 72.2 cm³/mol. The van der Waals surface area contributed by atoms with Crippen LogP contribution in [0.2, 0.25) is 0 Å². The highest BCUT2D eigenvalue weighted by molar-refractivity contribution is 5.64. The highest BCUT2D eigenvalue weighted by Crippen LogP contribution is 2.30. The average Bonchev–Trinajstić information content (AvgIpc) is 3.18. The number of fused-ring (bicyclic) bond motifs is 1. The van der Waals surface area contributed by atoms with Crippen molar-refractivity contribution in [3.05, 3.63) is 18.7 Å². The van der Waals surface area contributed by atoms with Crippen molar-refractivity contribution in [2.24, 2.45) is 0 Å². The molecule has 6 heteroatoms. The Labute approximate surface area is 111 Å². The molecule has 2 aromatic heterocycles. The molecule has 0 bridgehead atoms. The normalized spacial score (nSPS) is 27.5. The van der Waals surface area contributed by atoms with Gasteiger partial charge in [0.2, 0.25) is 5.65 Å². The molecule has 2 aliphatic rings. The van der Waals surface area contributed by atoms with Crippen molar-refractivity contribution >= 4 is 11.5 Å². The van der Waals surface area contributed by atoms with Gasteiger partial charge in [-0.2, -0.15) is 0 Å². The summed E-state index contributed by atoms with van der Waals surface area (Å²) in [5.74, 6) is 0.983. The fraction of sp³-hybridized carbons (Fsp3) is 0.615. The van der Waals surface area contributed by atoms with Crippen molar-refractivity contribution in [2.75, 3.05) is 18.0 Å². The number of aromatic nitrogens is 4. The van der Waals surface area contributed by atoms with Crippen molar-refractivity contribution in [2.45, 2.75) is 37.8 Å². The average molecular weight is 258 g/mol. The summed E-state index contributed by atoms with van der Waals surface area (Å²) in [5, 5.41) is 11.8. The molecule has 0 aromatic carbocycles. The highest BCUT2D eigenvalue weighted by atomic mass is 15.3. The van der Waals surface area contributed by atoms with E-state index in [0.29, 0.717) is 12.1 Å². The SMILES string of the molecule is c1cn2cnnc2c(N2CCCC2C2CCCN2)n1. The maximum Gasteiger partial charge on any atom is 0.203 e. The zero-order valence-electron chi connectivity index (χ0n) is 10.9. The minimum Gasteiger partial charge on any atom is -0.349 e. The lowest BCUT2D eigenvalue weighted by atomic mass is 10.0. The first-order chi connectivity index (χ1) is 9.43. The molecule has 2 aromatic rings. The van der Waals surface area contributed by atoms with E-state index in [1.807, 2.05) is 16.8 Å². The number of nitrogens with one attached hydrogen (secondary N) is 1. The van der Waals surface area contributed by atoms with E-state index >= 15 is 0 Å². The van der Waals surface area contributed by atoms with E-state index in [-0.39, 0.29) is 0 Å². The summed E-state index contributed by atoms with van der Waals surface area (Å²) in [6, 6.07) is 1.16. The van der Waals surface area contributed by atoms with Crippen LogP contribution in [0.4, 0.5) is 5.82 Å². The van der Waals surface area contributed by atoms with Gasteiger partial charge in [-0.15, -0.1) is 10.2 Å². The summed E-state index contributed by atoms with van der Waals surface area (Å²) in [4.78, 5) is 6.98. The first-order valence-electron chi connectivity index (χ1n) is 7.08.